The number of carbonyl (C=O) groups is 2. The number of rotatable bonds is 40. The van der Waals surface area contributed by atoms with Gasteiger partial charge in [-0.1, -0.05) is 177 Å². The molecule has 0 amide bonds. The Morgan fingerprint density at radius 3 is 1.75 bits per heavy atom. The summed E-state index contributed by atoms with van der Waals surface area (Å²) >= 11 is 0. The average Bonchev–Trinajstić information content (AvgIpc) is 3.18. The van der Waals surface area contributed by atoms with Crippen molar-refractivity contribution in [2.75, 3.05) is 47.5 Å². The van der Waals surface area contributed by atoms with Crippen molar-refractivity contribution >= 4 is 19.8 Å². The first-order valence-corrected chi connectivity index (χ1v) is 24.2. The van der Waals surface area contributed by atoms with Gasteiger partial charge >= 0.3 is 11.9 Å². The van der Waals surface area contributed by atoms with Crippen molar-refractivity contribution in [1.82, 2.24) is 0 Å². The molecule has 10 nitrogen and oxygen atoms in total. The van der Waals surface area contributed by atoms with E-state index in [0.717, 1.165) is 44.9 Å². The Kier molecular flexibility index (Phi) is 37.8. The van der Waals surface area contributed by atoms with E-state index in [2.05, 4.69) is 38.2 Å². The number of phosphoric ester groups is 1. The summed E-state index contributed by atoms with van der Waals surface area (Å²) in [6.45, 7) is 3.92. The first kappa shape index (κ1) is 56.4. The highest BCUT2D eigenvalue weighted by Crippen LogP contribution is 2.38. The van der Waals surface area contributed by atoms with Gasteiger partial charge in [0, 0.05) is 12.8 Å². The lowest BCUT2D eigenvalue weighted by Crippen LogP contribution is -2.37. The first-order chi connectivity index (χ1) is 28.4. The maximum Gasteiger partial charge on any atom is 0.306 e. The third kappa shape index (κ3) is 43.3. The average molecular weight is 850 g/mol. The molecule has 1 N–H and O–H groups in total. The van der Waals surface area contributed by atoms with Crippen molar-refractivity contribution in [1.29, 1.82) is 0 Å². The molecule has 3 atom stereocenters. The lowest BCUT2D eigenvalue weighted by molar-refractivity contribution is -0.870. The number of ether oxygens (including phenoxy) is 2. The van der Waals surface area contributed by atoms with E-state index in [4.69, 9.17) is 18.5 Å². The van der Waals surface area contributed by atoms with E-state index >= 15 is 0 Å². The van der Waals surface area contributed by atoms with Gasteiger partial charge in [0.1, 0.15) is 19.8 Å². The van der Waals surface area contributed by atoms with E-state index in [1.807, 2.05) is 63.7 Å². The van der Waals surface area contributed by atoms with Crippen molar-refractivity contribution < 1.29 is 47.2 Å². The minimum absolute atomic E-state index is 0.0507. The fraction of sp³-hybridized carbons (Fsp3) is 0.708. The van der Waals surface area contributed by atoms with Gasteiger partial charge < -0.3 is 33.0 Å². The van der Waals surface area contributed by atoms with Crippen molar-refractivity contribution in [2.45, 2.75) is 174 Å². The number of esters is 2. The molecule has 11 heteroatoms. The molecule has 0 heterocycles. The summed E-state index contributed by atoms with van der Waals surface area (Å²) in [4.78, 5) is 37.5. The molecule has 0 aliphatic rings. The third-order valence-electron chi connectivity index (χ3n) is 9.33. The Morgan fingerprint density at radius 2 is 1.19 bits per heavy atom. The minimum Gasteiger partial charge on any atom is -0.756 e. The Balaban J connectivity index is 4.49. The zero-order valence-corrected chi connectivity index (χ0v) is 38.7. The topological polar surface area (TPSA) is 131 Å². The van der Waals surface area contributed by atoms with Crippen LogP contribution in [0.15, 0.2) is 72.9 Å². The molecule has 2 unspecified atom stereocenters. The van der Waals surface area contributed by atoms with Crippen LogP contribution in [0.1, 0.15) is 162 Å². The molecule has 0 aliphatic heterocycles. The van der Waals surface area contributed by atoms with E-state index < -0.39 is 38.6 Å². The number of aliphatic hydroxyl groups is 1. The monoisotopic (exact) mass is 850 g/mol. The molecule has 0 aromatic heterocycles. The summed E-state index contributed by atoms with van der Waals surface area (Å²) in [5, 5.41) is 9.84. The third-order valence-corrected chi connectivity index (χ3v) is 10.3. The standard InChI is InChI=1S/C48H84NO9P/c1-6-8-10-11-12-13-14-15-16-19-23-26-29-32-36-40-48(52)58-46(44-57-59(53,54)56-42-41-49(3,4)5)43-55-47(51)39-35-31-28-25-22-20-17-18-21-24-27-30-34-38-45(50)37-33-9-7-2/h9,18,20-22,27-28,30-31,33-34,38,45-46,50H,6-8,10-17,19,23-26,29,32,35-37,39-44H2,1-5H3/b21-18-,22-20-,30-27+,31-28-,33-9-,38-34+/t45?,46-/m1/s1. The van der Waals surface area contributed by atoms with Crippen LogP contribution in [-0.2, 0) is 32.7 Å². The molecule has 0 saturated heterocycles. The number of hydrogen-bond acceptors (Lipinski definition) is 9. The van der Waals surface area contributed by atoms with E-state index in [-0.39, 0.29) is 26.1 Å². The van der Waals surface area contributed by atoms with Gasteiger partial charge in [0.05, 0.1) is 33.9 Å². The second-order valence-electron chi connectivity index (χ2n) is 16.2. The summed E-state index contributed by atoms with van der Waals surface area (Å²) in [7, 11) is 1.10. The van der Waals surface area contributed by atoms with Crippen LogP contribution in [0.4, 0.5) is 0 Å². The van der Waals surface area contributed by atoms with Crippen molar-refractivity contribution in [2.24, 2.45) is 0 Å². The zero-order chi connectivity index (χ0) is 43.7. The molecule has 340 valence electrons. The highest BCUT2D eigenvalue weighted by Gasteiger charge is 2.21. The molecule has 0 aliphatic carbocycles. The molecule has 0 saturated carbocycles. The van der Waals surface area contributed by atoms with E-state index in [0.29, 0.717) is 30.3 Å². The van der Waals surface area contributed by atoms with E-state index in [9.17, 15) is 24.2 Å². The Hall–Kier alpha value is -2.59. The number of nitrogens with zero attached hydrogens (tertiary/aromatic N) is 1. The molecule has 0 aromatic rings. The van der Waals surface area contributed by atoms with Gasteiger partial charge in [-0.15, -0.1) is 0 Å². The number of likely N-dealkylation sites (N-methyl/N-ethyl adjacent to an activating group) is 1. The fourth-order valence-corrected chi connectivity index (χ4v) is 6.49. The van der Waals surface area contributed by atoms with Gasteiger partial charge in [-0.25, -0.2) is 0 Å². The number of aliphatic hydroxyl groups excluding tert-OH is 1. The summed E-state index contributed by atoms with van der Waals surface area (Å²) in [5.74, 6) is -0.955. The van der Waals surface area contributed by atoms with E-state index in [1.165, 1.54) is 70.6 Å². The second kappa shape index (κ2) is 39.5. The second-order valence-corrected chi connectivity index (χ2v) is 17.7. The molecular formula is C48H84NO9P. The predicted octanol–water partition coefficient (Wildman–Crippen LogP) is 11.4. The van der Waals surface area contributed by atoms with Crippen LogP contribution in [0.5, 0.6) is 0 Å². The quantitative estimate of drug-likeness (QED) is 0.0160. The summed E-state index contributed by atoms with van der Waals surface area (Å²) in [6, 6.07) is 0. The summed E-state index contributed by atoms with van der Waals surface area (Å²) in [5.41, 5.74) is 0. The van der Waals surface area contributed by atoms with Gasteiger partial charge in [-0.05, 0) is 44.9 Å². The smallest absolute Gasteiger partial charge is 0.306 e. The zero-order valence-electron chi connectivity index (χ0n) is 37.8. The van der Waals surface area contributed by atoms with Gasteiger partial charge in [-0.3, -0.25) is 14.2 Å². The number of hydrogen-bond donors (Lipinski definition) is 1. The Labute approximate surface area is 360 Å². The van der Waals surface area contributed by atoms with Crippen LogP contribution < -0.4 is 4.89 Å². The highest BCUT2D eigenvalue weighted by atomic mass is 31.2. The van der Waals surface area contributed by atoms with Crippen molar-refractivity contribution in [3.8, 4) is 0 Å². The Bertz CT molecular complexity index is 1250. The van der Waals surface area contributed by atoms with Crippen LogP contribution in [0.3, 0.4) is 0 Å². The number of carbonyl (C=O) groups excluding carboxylic acids is 2. The fourth-order valence-electron chi connectivity index (χ4n) is 5.76. The highest BCUT2D eigenvalue weighted by molar-refractivity contribution is 7.45. The SMILES string of the molecule is CC/C=C\CC(O)/C=C/C=C/C/C=C\C/C=C\C/C=C\CCC(=O)OC[C@H](COP(=O)([O-])OCC[N+](C)(C)C)OC(=O)CCCCCCCCCCCCCCCCC. The van der Waals surface area contributed by atoms with Gasteiger partial charge in [-0.2, -0.15) is 0 Å². The van der Waals surface area contributed by atoms with Crippen LogP contribution in [0, 0.1) is 0 Å². The maximum atomic E-state index is 12.7. The largest absolute Gasteiger partial charge is 0.756 e. The van der Waals surface area contributed by atoms with Crippen LogP contribution in [-0.4, -0.2) is 81.2 Å². The lowest BCUT2D eigenvalue weighted by Gasteiger charge is -2.28. The van der Waals surface area contributed by atoms with Crippen LogP contribution in [0.2, 0.25) is 0 Å². The maximum absolute atomic E-state index is 12.7. The molecule has 0 fully saturated rings. The van der Waals surface area contributed by atoms with Gasteiger partial charge in [0.25, 0.3) is 7.82 Å². The van der Waals surface area contributed by atoms with E-state index in [1.54, 1.807) is 6.08 Å². The van der Waals surface area contributed by atoms with Crippen molar-refractivity contribution in [3.63, 3.8) is 0 Å². The lowest BCUT2D eigenvalue weighted by atomic mass is 10.0. The normalized spacial score (nSPS) is 14.8. The molecule has 0 spiro atoms. The molecule has 59 heavy (non-hydrogen) atoms. The van der Waals surface area contributed by atoms with Crippen LogP contribution >= 0.6 is 7.82 Å². The molecule has 0 radical (unpaired) electrons. The number of allylic oxidation sites excluding steroid dienone is 10. The molecular weight excluding hydrogens is 765 g/mol. The van der Waals surface area contributed by atoms with Gasteiger partial charge in [0.15, 0.2) is 6.10 Å². The number of quaternary nitrogens is 1. The van der Waals surface area contributed by atoms with Crippen molar-refractivity contribution in [3.05, 3.63) is 72.9 Å². The first-order valence-electron chi connectivity index (χ1n) is 22.8. The number of phosphoric acid groups is 1. The summed E-state index contributed by atoms with van der Waals surface area (Å²) in [6.07, 6.45) is 45.6. The minimum atomic E-state index is -4.65. The molecule has 0 aromatic carbocycles. The summed E-state index contributed by atoms with van der Waals surface area (Å²) < 4.78 is 33.8. The molecule has 0 bridgehead atoms. The van der Waals surface area contributed by atoms with Gasteiger partial charge in [0.2, 0.25) is 0 Å². The molecule has 0 rings (SSSR count). The van der Waals surface area contributed by atoms with Crippen LogP contribution in [0.25, 0.3) is 0 Å². The predicted molar refractivity (Wildman–Crippen MR) is 242 cm³/mol. The number of unbranched alkanes of at least 4 members (excludes halogenated alkanes) is 14. The Morgan fingerprint density at radius 1 is 0.644 bits per heavy atom.